The maximum atomic E-state index is 5.89. The molecule has 140 valence electrons. The van der Waals surface area contributed by atoms with Crippen molar-refractivity contribution in [1.82, 2.24) is 4.90 Å². The van der Waals surface area contributed by atoms with Gasteiger partial charge in [0.15, 0.2) is 0 Å². The van der Waals surface area contributed by atoms with Crippen LogP contribution in [0.4, 0.5) is 0 Å². The first-order valence-corrected chi connectivity index (χ1v) is 10.7. The molecule has 2 heteroatoms. The summed E-state index contributed by atoms with van der Waals surface area (Å²) in [6, 6.07) is 18.3. The van der Waals surface area contributed by atoms with Crippen LogP contribution in [-0.4, -0.2) is 31.1 Å². The van der Waals surface area contributed by atoms with Crippen molar-refractivity contribution in [2.24, 2.45) is 11.7 Å². The van der Waals surface area contributed by atoms with Crippen LogP contribution >= 0.6 is 0 Å². The number of hydrogen-bond donors (Lipinski definition) is 1. The van der Waals surface area contributed by atoms with Crippen LogP contribution in [0.25, 0.3) is 21.5 Å². The highest BCUT2D eigenvalue weighted by molar-refractivity contribution is 6.08. The molecule has 1 atom stereocenters. The maximum Gasteiger partial charge on any atom is 0.00506 e. The van der Waals surface area contributed by atoms with E-state index in [-0.39, 0.29) is 0 Å². The van der Waals surface area contributed by atoms with Crippen molar-refractivity contribution in [3.05, 3.63) is 59.7 Å². The predicted octanol–water partition coefficient (Wildman–Crippen LogP) is 5.08. The lowest BCUT2D eigenvalue weighted by atomic mass is 9.79. The molecule has 2 N–H and O–H groups in total. The molecule has 1 fully saturated rings. The van der Waals surface area contributed by atoms with Gasteiger partial charge in [0.2, 0.25) is 0 Å². The summed E-state index contributed by atoms with van der Waals surface area (Å²) in [5, 5.41) is 5.67. The molecule has 1 heterocycles. The minimum atomic E-state index is 0.674. The molecule has 1 saturated heterocycles. The molecule has 0 radical (unpaired) electrons. The Bertz CT molecular complexity index is 953. The minimum Gasteiger partial charge on any atom is -0.330 e. The van der Waals surface area contributed by atoms with Crippen molar-refractivity contribution in [2.45, 2.75) is 38.0 Å². The summed E-state index contributed by atoms with van der Waals surface area (Å²) >= 11 is 0. The summed E-state index contributed by atoms with van der Waals surface area (Å²) < 4.78 is 0. The van der Waals surface area contributed by atoms with E-state index in [1.54, 1.807) is 11.1 Å². The van der Waals surface area contributed by atoms with Gasteiger partial charge in [0.05, 0.1) is 0 Å². The average Bonchev–Trinajstić information content (AvgIpc) is 2.74. The van der Waals surface area contributed by atoms with Gasteiger partial charge in [-0.25, -0.2) is 0 Å². The lowest BCUT2D eigenvalue weighted by Gasteiger charge is -2.36. The van der Waals surface area contributed by atoms with E-state index < -0.39 is 0 Å². The van der Waals surface area contributed by atoms with Crippen LogP contribution < -0.4 is 5.73 Å². The van der Waals surface area contributed by atoms with E-state index in [4.69, 9.17) is 5.73 Å². The fraction of sp³-hybridized carbons (Fsp3) is 0.440. The molecule has 0 amide bonds. The minimum absolute atomic E-state index is 0.674. The Morgan fingerprint density at radius 3 is 2.52 bits per heavy atom. The van der Waals surface area contributed by atoms with Crippen molar-refractivity contribution in [3.63, 3.8) is 0 Å². The monoisotopic (exact) mass is 358 g/mol. The van der Waals surface area contributed by atoms with Gasteiger partial charge >= 0.3 is 0 Å². The van der Waals surface area contributed by atoms with Gasteiger partial charge in [0.25, 0.3) is 0 Å². The molecule has 27 heavy (non-hydrogen) atoms. The molecule has 3 aromatic carbocycles. The highest BCUT2D eigenvalue weighted by Gasteiger charge is 2.26. The first-order valence-electron chi connectivity index (χ1n) is 10.7. The summed E-state index contributed by atoms with van der Waals surface area (Å²) in [5.74, 6) is 1.42. The van der Waals surface area contributed by atoms with Crippen molar-refractivity contribution in [1.29, 1.82) is 0 Å². The second-order valence-electron chi connectivity index (χ2n) is 8.59. The Balaban J connectivity index is 1.52. The van der Waals surface area contributed by atoms with E-state index in [1.165, 1.54) is 73.3 Å². The third-order valence-corrected chi connectivity index (χ3v) is 6.98. The molecule has 0 spiro atoms. The average molecular weight is 359 g/mol. The van der Waals surface area contributed by atoms with E-state index in [9.17, 15) is 0 Å². The number of rotatable bonds is 3. The smallest absolute Gasteiger partial charge is 0.00506 e. The zero-order valence-electron chi connectivity index (χ0n) is 16.2. The largest absolute Gasteiger partial charge is 0.330 e. The molecule has 2 nitrogen and oxygen atoms in total. The molecule has 2 aliphatic rings. The summed E-state index contributed by atoms with van der Waals surface area (Å²) in [7, 11) is 0. The van der Waals surface area contributed by atoms with Crippen LogP contribution in [0.3, 0.4) is 0 Å². The Labute approximate surface area is 162 Å². The normalized spacial score (nSPS) is 21.6. The van der Waals surface area contributed by atoms with E-state index in [0.717, 1.165) is 12.5 Å². The van der Waals surface area contributed by atoms with Crippen LogP contribution in [0.5, 0.6) is 0 Å². The van der Waals surface area contributed by atoms with E-state index in [2.05, 4.69) is 53.4 Å². The van der Waals surface area contributed by atoms with E-state index >= 15 is 0 Å². The Kier molecular flexibility index (Phi) is 4.63. The number of hydrogen-bond acceptors (Lipinski definition) is 2. The van der Waals surface area contributed by atoms with Crippen LogP contribution in [0.15, 0.2) is 48.5 Å². The standard InChI is InChI=1S/C25H30N2/c26-16-18-12-14-27(15-13-18)17-21-6-3-5-20-9-10-23-22-7-2-1-4-19(22)8-11-24(23)25(20)21/h1-2,4,7-11,18,21H,3,5-6,12-17,26H2. The highest BCUT2D eigenvalue weighted by atomic mass is 15.1. The fourth-order valence-electron chi connectivity index (χ4n) is 5.44. The summed E-state index contributed by atoms with van der Waals surface area (Å²) in [5.41, 5.74) is 9.12. The number of piperidine rings is 1. The molecule has 1 aliphatic carbocycles. The van der Waals surface area contributed by atoms with Crippen LogP contribution in [0.1, 0.15) is 42.7 Å². The third kappa shape index (κ3) is 3.15. The number of benzene rings is 3. The Morgan fingerprint density at radius 1 is 0.852 bits per heavy atom. The molecule has 1 aliphatic heterocycles. The van der Waals surface area contributed by atoms with Crippen molar-refractivity contribution >= 4 is 21.5 Å². The molecule has 0 aromatic heterocycles. The van der Waals surface area contributed by atoms with Gasteiger partial charge in [-0.2, -0.15) is 0 Å². The topological polar surface area (TPSA) is 29.3 Å². The van der Waals surface area contributed by atoms with Gasteiger partial charge in [0, 0.05) is 6.54 Å². The number of nitrogens with two attached hydrogens (primary N) is 1. The lowest BCUT2D eigenvalue weighted by molar-refractivity contribution is 0.174. The van der Waals surface area contributed by atoms with Gasteiger partial charge in [-0.1, -0.05) is 48.5 Å². The first kappa shape index (κ1) is 17.2. The number of aryl methyl sites for hydroxylation is 1. The Morgan fingerprint density at radius 2 is 1.67 bits per heavy atom. The van der Waals surface area contributed by atoms with E-state index in [0.29, 0.717) is 5.92 Å². The summed E-state index contributed by atoms with van der Waals surface area (Å²) in [6.45, 7) is 4.52. The lowest BCUT2D eigenvalue weighted by Crippen LogP contribution is -2.38. The summed E-state index contributed by atoms with van der Waals surface area (Å²) in [6.07, 6.45) is 6.45. The molecule has 0 bridgehead atoms. The van der Waals surface area contributed by atoms with Crippen LogP contribution in [-0.2, 0) is 6.42 Å². The predicted molar refractivity (Wildman–Crippen MR) is 115 cm³/mol. The second-order valence-corrected chi connectivity index (χ2v) is 8.59. The second kappa shape index (κ2) is 7.26. The number of nitrogens with zero attached hydrogens (tertiary/aromatic N) is 1. The van der Waals surface area contributed by atoms with Crippen LogP contribution in [0.2, 0.25) is 0 Å². The number of fused-ring (bicyclic) bond motifs is 5. The molecular formula is C25H30N2. The molecular weight excluding hydrogens is 328 g/mol. The van der Waals surface area contributed by atoms with Gasteiger partial charge in [0.1, 0.15) is 0 Å². The third-order valence-electron chi connectivity index (χ3n) is 6.98. The molecule has 5 rings (SSSR count). The highest BCUT2D eigenvalue weighted by Crippen LogP contribution is 2.39. The van der Waals surface area contributed by atoms with E-state index in [1.807, 2.05) is 0 Å². The van der Waals surface area contributed by atoms with Gasteiger partial charge in [-0.15, -0.1) is 0 Å². The van der Waals surface area contributed by atoms with Crippen LogP contribution in [0, 0.1) is 5.92 Å². The fourth-order valence-corrected chi connectivity index (χ4v) is 5.44. The Hall–Kier alpha value is -1.90. The first-order chi connectivity index (χ1) is 13.3. The molecule has 3 aromatic rings. The quantitative estimate of drug-likeness (QED) is 0.661. The van der Waals surface area contributed by atoms with Gasteiger partial charge < -0.3 is 10.6 Å². The SMILES string of the molecule is NCC1CCN(CC2CCCc3ccc4c(ccc5ccccc54)c32)CC1. The van der Waals surface area contributed by atoms with Gasteiger partial charge in [-0.05, 0) is 96.2 Å². The zero-order valence-corrected chi connectivity index (χ0v) is 16.2. The zero-order chi connectivity index (χ0) is 18.2. The van der Waals surface area contributed by atoms with Crippen molar-refractivity contribution in [3.8, 4) is 0 Å². The molecule has 0 saturated carbocycles. The van der Waals surface area contributed by atoms with Crippen molar-refractivity contribution in [2.75, 3.05) is 26.2 Å². The maximum absolute atomic E-state index is 5.89. The van der Waals surface area contributed by atoms with Gasteiger partial charge in [-0.3, -0.25) is 0 Å². The molecule has 1 unspecified atom stereocenters. The summed E-state index contributed by atoms with van der Waals surface area (Å²) in [4.78, 5) is 2.70. The van der Waals surface area contributed by atoms with Crippen molar-refractivity contribution < 1.29 is 0 Å². The number of likely N-dealkylation sites (tertiary alicyclic amines) is 1.